The summed E-state index contributed by atoms with van der Waals surface area (Å²) < 4.78 is 4.96. The molecule has 1 rings (SSSR count). The lowest BCUT2D eigenvalue weighted by molar-refractivity contribution is 0.0521. The number of aromatic amines is 1. The Bertz CT molecular complexity index is 441. The van der Waals surface area contributed by atoms with Gasteiger partial charge in [0.05, 0.1) is 18.1 Å². The fraction of sp³-hybridized carbons (Fsp3) is 0.538. The number of rotatable bonds is 6. The van der Waals surface area contributed by atoms with Crippen molar-refractivity contribution < 1.29 is 9.53 Å². The van der Waals surface area contributed by atoms with Crippen LogP contribution in [0.1, 0.15) is 49.3 Å². The van der Waals surface area contributed by atoms with E-state index in [1.165, 1.54) is 0 Å². The quantitative estimate of drug-likeness (QED) is 0.479. The minimum absolute atomic E-state index is 0. The number of aromatic nitrogens is 1. The van der Waals surface area contributed by atoms with Crippen LogP contribution in [0.5, 0.6) is 0 Å². The van der Waals surface area contributed by atoms with Gasteiger partial charge < -0.3 is 15.5 Å². The number of nitrogens with two attached hydrogens (primary N) is 1. The summed E-state index contributed by atoms with van der Waals surface area (Å²) in [6, 6.07) is 1.80. The van der Waals surface area contributed by atoms with Crippen LogP contribution < -0.4 is 5.73 Å². The molecule has 0 atom stereocenters. The molecule has 0 bridgehead atoms. The molecule has 0 radical (unpaired) electrons. The number of aryl methyl sites for hydroxylation is 1. The van der Waals surface area contributed by atoms with Gasteiger partial charge in [-0.2, -0.15) is 0 Å². The van der Waals surface area contributed by atoms with Gasteiger partial charge in [0.2, 0.25) is 0 Å². The van der Waals surface area contributed by atoms with Crippen molar-refractivity contribution in [1.82, 2.24) is 4.98 Å². The van der Waals surface area contributed by atoms with Crippen molar-refractivity contribution in [3.8, 4) is 0 Å². The first-order chi connectivity index (χ1) is 8.58. The Hall–Kier alpha value is -1.49. The molecular formula is C13H22ClN3O2. The first-order valence-electron chi connectivity index (χ1n) is 6.28. The third kappa shape index (κ3) is 5.34. The van der Waals surface area contributed by atoms with Gasteiger partial charge >= 0.3 is 5.97 Å². The number of carbonyl (C=O) groups excluding carboxylic acids is 1. The molecule has 3 N–H and O–H groups in total. The number of carbonyl (C=O) groups is 1. The molecule has 0 aliphatic carbocycles. The Morgan fingerprint density at radius 1 is 1.47 bits per heavy atom. The molecule has 0 aromatic carbocycles. The Morgan fingerprint density at radius 2 is 2.16 bits per heavy atom. The Morgan fingerprint density at radius 3 is 2.74 bits per heavy atom. The average molecular weight is 288 g/mol. The zero-order valence-electron chi connectivity index (χ0n) is 11.7. The first kappa shape index (κ1) is 17.5. The maximum atomic E-state index is 11.7. The number of amidine groups is 1. The monoisotopic (exact) mass is 287 g/mol. The summed E-state index contributed by atoms with van der Waals surface area (Å²) in [7, 11) is 0. The first-order valence-corrected chi connectivity index (χ1v) is 6.28. The van der Waals surface area contributed by atoms with Crippen LogP contribution in [0.15, 0.2) is 11.1 Å². The van der Waals surface area contributed by atoms with E-state index < -0.39 is 5.97 Å². The average Bonchev–Trinajstić information content (AvgIpc) is 2.68. The third-order valence-corrected chi connectivity index (χ3v) is 2.46. The van der Waals surface area contributed by atoms with Gasteiger partial charge in [-0.05, 0) is 26.3 Å². The fourth-order valence-corrected chi connectivity index (χ4v) is 1.59. The molecule has 6 heteroatoms. The number of unbranched alkanes of at least 4 members (excludes halogenated alkanes) is 1. The van der Waals surface area contributed by atoms with E-state index in [9.17, 15) is 4.79 Å². The second kappa shape index (κ2) is 8.58. The van der Waals surface area contributed by atoms with Crippen LogP contribution in [-0.4, -0.2) is 23.4 Å². The molecule has 0 saturated heterocycles. The highest BCUT2D eigenvalue weighted by atomic mass is 35.5. The van der Waals surface area contributed by atoms with Crippen LogP contribution in [0.25, 0.3) is 0 Å². The molecule has 0 spiro atoms. The van der Waals surface area contributed by atoms with Gasteiger partial charge in [-0.15, -0.1) is 12.4 Å². The van der Waals surface area contributed by atoms with Crippen molar-refractivity contribution in [3.63, 3.8) is 0 Å². The summed E-state index contributed by atoms with van der Waals surface area (Å²) in [5.41, 5.74) is 7.61. The van der Waals surface area contributed by atoms with Crippen molar-refractivity contribution in [2.45, 2.75) is 40.0 Å². The van der Waals surface area contributed by atoms with E-state index in [-0.39, 0.29) is 12.4 Å². The SMILES string of the molecule is CCCCC(N)=Nc1cc(C)[nH]c1C(=O)OCC.Cl. The molecular weight excluding hydrogens is 266 g/mol. The minimum atomic E-state index is -0.396. The van der Waals surface area contributed by atoms with E-state index in [4.69, 9.17) is 10.5 Å². The molecule has 1 heterocycles. The van der Waals surface area contributed by atoms with Gasteiger partial charge in [0, 0.05) is 12.1 Å². The maximum Gasteiger partial charge on any atom is 0.357 e. The molecule has 0 aliphatic heterocycles. The molecule has 0 unspecified atom stereocenters. The van der Waals surface area contributed by atoms with Crippen LogP contribution >= 0.6 is 12.4 Å². The number of ether oxygens (including phenoxy) is 1. The number of nitrogens with zero attached hydrogens (tertiary/aromatic N) is 1. The molecule has 5 nitrogen and oxygen atoms in total. The van der Waals surface area contributed by atoms with Crippen molar-refractivity contribution in [3.05, 3.63) is 17.5 Å². The summed E-state index contributed by atoms with van der Waals surface area (Å²) in [4.78, 5) is 18.9. The minimum Gasteiger partial charge on any atom is -0.461 e. The van der Waals surface area contributed by atoms with Crippen molar-refractivity contribution in [2.24, 2.45) is 10.7 Å². The summed E-state index contributed by atoms with van der Waals surface area (Å²) >= 11 is 0. The smallest absolute Gasteiger partial charge is 0.357 e. The molecule has 1 aromatic rings. The number of hydrogen-bond donors (Lipinski definition) is 2. The zero-order valence-corrected chi connectivity index (χ0v) is 12.5. The Balaban J connectivity index is 0.00000324. The van der Waals surface area contributed by atoms with Crippen LogP contribution in [0.4, 0.5) is 5.69 Å². The number of esters is 1. The summed E-state index contributed by atoms with van der Waals surface area (Å²) in [5.74, 6) is 0.147. The lowest BCUT2D eigenvalue weighted by atomic mass is 10.2. The molecule has 0 aliphatic rings. The van der Waals surface area contributed by atoms with Gasteiger partial charge in [-0.25, -0.2) is 9.79 Å². The predicted octanol–water partition coefficient (Wildman–Crippen LogP) is 3.10. The van der Waals surface area contributed by atoms with E-state index in [1.807, 2.05) is 6.92 Å². The number of nitrogens with one attached hydrogen (secondary N) is 1. The van der Waals surface area contributed by atoms with Gasteiger partial charge in [-0.3, -0.25) is 0 Å². The molecule has 0 saturated carbocycles. The van der Waals surface area contributed by atoms with Crippen LogP contribution in [0, 0.1) is 6.92 Å². The topological polar surface area (TPSA) is 80.5 Å². The summed E-state index contributed by atoms with van der Waals surface area (Å²) in [6.45, 7) is 6.07. The maximum absolute atomic E-state index is 11.7. The van der Waals surface area contributed by atoms with E-state index in [1.54, 1.807) is 13.0 Å². The predicted molar refractivity (Wildman–Crippen MR) is 79.5 cm³/mol. The molecule has 19 heavy (non-hydrogen) atoms. The number of halogens is 1. The summed E-state index contributed by atoms with van der Waals surface area (Å²) in [5, 5.41) is 0. The number of aliphatic imine (C=N–C) groups is 1. The standard InChI is InChI=1S/C13H21N3O2.ClH/c1-4-6-7-11(14)16-10-8-9(3)15-12(10)13(17)18-5-2;/h8,15H,4-7H2,1-3H3,(H2,14,16);1H. The van der Waals surface area contributed by atoms with E-state index in [2.05, 4.69) is 16.9 Å². The van der Waals surface area contributed by atoms with Crippen molar-refractivity contribution in [2.75, 3.05) is 6.61 Å². The van der Waals surface area contributed by atoms with Crippen LogP contribution in [0.2, 0.25) is 0 Å². The second-order valence-electron chi connectivity index (χ2n) is 4.14. The lowest BCUT2D eigenvalue weighted by Gasteiger charge is -2.02. The van der Waals surface area contributed by atoms with E-state index in [0.717, 1.165) is 25.0 Å². The van der Waals surface area contributed by atoms with Gasteiger partial charge in [0.25, 0.3) is 0 Å². The third-order valence-electron chi connectivity index (χ3n) is 2.46. The van der Waals surface area contributed by atoms with Crippen LogP contribution in [0.3, 0.4) is 0 Å². The Labute approximate surface area is 120 Å². The largest absolute Gasteiger partial charge is 0.461 e. The number of hydrogen-bond acceptors (Lipinski definition) is 3. The van der Waals surface area contributed by atoms with E-state index >= 15 is 0 Å². The molecule has 0 fully saturated rings. The van der Waals surface area contributed by atoms with Crippen molar-refractivity contribution >= 4 is 29.9 Å². The fourth-order valence-electron chi connectivity index (χ4n) is 1.59. The molecule has 0 amide bonds. The molecule has 1 aromatic heterocycles. The second-order valence-corrected chi connectivity index (χ2v) is 4.14. The highest BCUT2D eigenvalue weighted by Gasteiger charge is 2.15. The lowest BCUT2D eigenvalue weighted by Crippen LogP contribution is -2.11. The van der Waals surface area contributed by atoms with Gasteiger partial charge in [-0.1, -0.05) is 13.3 Å². The normalized spacial score (nSPS) is 11.0. The van der Waals surface area contributed by atoms with Crippen LogP contribution in [-0.2, 0) is 4.74 Å². The highest BCUT2D eigenvalue weighted by Crippen LogP contribution is 2.21. The van der Waals surface area contributed by atoms with E-state index in [0.29, 0.717) is 23.8 Å². The molecule has 108 valence electrons. The van der Waals surface area contributed by atoms with Gasteiger partial charge in [0.1, 0.15) is 0 Å². The van der Waals surface area contributed by atoms with Crippen molar-refractivity contribution in [1.29, 1.82) is 0 Å². The summed E-state index contributed by atoms with van der Waals surface area (Å²) in [6.07, 6.45) is 2.80. The number of H-pyrrole nitrogens is 1. The zero-order chi connectivity index (χ0) is 13.5. The van der Waals surface area contributed by atoms with Gasteiger partial charge in [0.15, 0.2) is 5.69 Å². The highest BCUT2D eigenvalue weighted by molar-refractivity contribution is 5.95. The Kier molecular flexibility index (Phi) is 7.91.